The summed E-state index contributed by atoms with van der Waals surface area (Å²) in [4.78, 5) is 37.3. The van der Waals surface area contributed by atoms with E-state index < -0.39 is 11.7 Å². The number of benzene rings is 1. The lowest BCUT2D eigenvalue weighted by molar-refractivity contribution is -0.135. The first-order valence-corrected chi connectivity index (χ1v) is 7.84. The van der Waals surface area contributed by atoms with Crippen LogP contribution < -0.4 is 16.7 Å². The Morgan fingerprint density at radius 3 is 2.92 bits per heavy atom. The Balaban J connectivity index is 1.83. The fourth-order valence-corrected chi connectivity index (χ4v) is 3.08. The number of carbonyl (C=O) groups is 2. The number of likely N-dealkylation sites (tertiary alicyclic amines) is 1. The number of aryl methyl sites for hydroxylation is 1. The van der Waals surface area contributed by atoms with E-state index >= 15 is 0 Å². The van der Waals surface area contributed by atoms with Gasteiger partial charge in [-0.15, -0.1) is 0 Å². The van der Waals surface area contributed by atoms with Gasteiger partial charge in [-0.25, -0.2) is 4.79 Å². The highest BCUT2D eigenvalue weighted by Gasteiger charge is 2.33. The van der Waals surface area contributed by atoms with Crippen molar-refractivity contribution in [1.29, 1.82) is 0 Å². The fourth-order valence-electron chi connectivity index (χ4n) is 3.08. The van der Waals surface area contributed by atoms with E-state index in [2.05, 4.69) is 5.32 Å². The lowest BCUT2D eigenvalue weighted by Crippen LogP contribution is -2.45. The number of rotatable bonds is 3. The first kappa shape index (κ1) is 16.2. The third-order valence-corrected chi connectivity index (χ3v) is 4.27. The molecule has 7 heteroatoms. The van der Waals surface area contributed by atoms with Gasteiger partial charge in [0.2, 0.25) is 11.8 Å². The Morgan fingerprint density at radius 1 is 1.38 bits per heavy atom. The molecule has 0 bridgehead atoms. The molecule has 0 saturated carbocycles. The normalized spacial score (nSPS) is 17.2. The van der Waals surface area contributed by atoms with Gasteiger partial charge in [-0.3, -0.25) is 9.59 Å². The van der Waals surface area contributed by atoms with Gasteiger partial charge in [-0.1, -0.05) is 0 Å². The third kappa shape index (κ3) is 3.03. The van der Waals surface area contributed by atoms with Gasteiger partial charge in [0.1, 0.15) is 11.6 Å². The largest absolute Gasteiger partial charge is 0.423 e. The predicted octanol–water partition coefficient (Wildman–Crippen LogP) is 0.990. The van der Waals surface area contributed by atoms with Crippen molar-refractivity contribution in [3.05, 3.63) is 40.2 Å². The molecule has 1 aromatic carbocycles. The number of fused-ring (bicyclic) bond motifs is 1. The summed E-state index contributed by atoms with van der Waals surface area (Å²) < 4.78 is 5.18. The summed E-state index contributed by atoms with van der Waals surface area (Å²) >= 11 is 0. The average Bonchev–Trinajstić information content (AvgIpc) is 3.03. The summed E-state index contributed by atoms with van der Waals surface area (Å²) in [6.45, 7) is 2.26. The number of amides is 2. The quantitative estimate of drug-likeness (QED) is 0.817. The summed E-state index contributed by atoms with van der Waals surface area (Å²) in [6.07, 6.45) is 1.38. The molecule has 0 unspecified atom stereocenters. The van der Waals surface area contributed by atoms with Crippen molar-refractivity contribution < 1.29 is 14.0 Å². The van der Waals surface area contributed by atoms with E-state index in [0.717, 1.165) is 17.4 Å². The molecule has 126 valence electrons. The van der Waals surface area contributed by atoms with E-state index in [4.69, 9.17) is 10.2 Å². The fraction of sp³-hybridized carbons (Fsp3) is 0.353. The lowest BCUT2D eigenvalue weighted by Gasteiger charge is -2.23. The molecule has 1 aliphatic rings. The van der Waals surface area contributed by atoms with Crippen LogP contribution in [0.15, 0.2) is 33.5 Å². The molecule has 0 spiro atoms. The van der Waals surface area contributed by atoms with E-state index in [1.165, 1.54) is 11.0 Å². The standard InChI is InChI=1S/C17H19N3O4/c1-10-7-16(22)24-14-8-11(4-5-12(10)14)19-17(23)13-3-2-6-20(13)15(21)9-18/h4-5,7-8,13H,2-3,6,9,18H2,1H3,(H,19,23)/t13-/m0/s1. The maximum absolute atomic E-state index is 12.5. The number of hydrogen-bond donors (Lipinski definition) is 2. The highest BCUT2D eigenvalue weighted by molar-refractivity contribution is 5.99. The number of nitrogens with one attached hydrogen (secondary N) is 1. The average molecular weight is 329 g/mol. The molecule has 1 aromatic heterocycles. The number of nitrogens with two attached hydrogens (primary N) is 1. The maximum Gasteiger partial charge on any atom is 0.336 e. The second-order valence-electron chi connectivity index (χ2n) is 5.90. The topological polar surface area (TPSA) is 106 Å². The van der Waals surface area contributed by atoms with Crippen LogP contribution >= 0.6 is 0 Å². The molecule has 7 nitrogen and oxygen atoms in total. The molecule has 1 fully saturated rings. The van der Waals surface area contributed by atoms with Gasteiger partial charge >= 0.3 is 5.63 Å². The van der Waals surface area contributed by atoms with E-state index in [1.807, 2.05) is 6.92 Å². The van der Waals surface area contributed by atoms with Crippen molar-refractivity contribution in [3.63, 3.8) is 0 Å². The number of anilines is 1. The first-order chi connectivity index (χ1) is 11.5. The van der Waals surface area contributed by atoms with E-state index in [9.17, 15) is 14.4 Å². The van der Waals surface area contributed by atoms with Crippen molar-refractivity contribution in [2.24, 2.45) is 5.73 Å². The van der Waals surface area contributed by atoms with Crippen molar-refractivity contribution >= 4 is 28.5 Å². The Kier molecular flexibility index (Phi) is 4.35. The van der Waals surface area contributed by atoms with Crippen molar-refractivity contribution in [1.82, 2.24) is 4.90 Å². The van der Waals surface area contributed by atoms with Gasteiger partial charge in [0.25, 0.3) is 0 Å². The number of hydrogen-bond acceptors (Lipinski definition) is 5. The summed E-state index contributed by atoms with van der Waals surface area (Å²) in [7, 11) is 0. The SMILES string of the molecule is Cc1cc(=O)oc2cc(NC(=O)[C@@H]3CCCN3C(=O)CN)ccc12. The molecule has 3 N–H and O–H groups in total. The van der Waals surface area contributed by atoms with Gasteiger partial charge in [-0.2, -0.15) is 0 Å². The van der Waals surface area contributed by atoms with E-state index in [0.29, 0.717) is 24.2 Å². The second kappa shape index (κ2) is 6.45. The molecular weight excluding hydrogens is 310 g/mol. The molecule has 1 atom stereocenters. The van der Waals surface area contributed by atoms with Gasteiger partial charge in [-0.05, 0) is 37.5 Å². The molecule has 2 heterocycles. The van der Waals surface area contributed by atoms with Crippen LogP contribution in [0.4, 0.5) is 5.69 Å². The molecule has 0 aliphatic carbocycles. The number of carbonyl (C=O) groups excluding carboxylic acids is 2. The number of nitrogens with zero attached hydrogens (tertiary/aromatic N) is 1. The first-order valence-electron chi connectivity index (χ1n) is 7.84. The second-order valence-corrected chi connectivity index (χ2v) is 5.90. The minimum atomic E-state index is -0.513. The molecule has 2 aromatic rings. The zero-order valence-electron chi connectivity index (χ0n) is 13.4. The van der Waals surface area contributed by atoms with Crippen molar-refractivity contribution in [2.45, 2.75) is 25.8 Å². The lowest BCUT2D eigenvalue weighted by atomic mass is 10.1. The van der Waals surface area contributed by atoms with Crippen LogP contribution in [-0.2, 0) is 9.59 Å². The van der Waals surface area contributed by atoms with Crippen LogP contribution in [-0.4, -0.2) is 35.8 Å². The van der Waals surface area contributed by atoms with Crippen molar-refractivity contribution in [3.8, 4) is 0 Å². The Hall–Kier alpha value is -2.67. The van der Waals surface area contributed by atoms with Crippen LogP contribution in [0, 0.1) is 6.92 Å². The minimum absolute atomic E-state index is 0.107. The highest BCUT2D eigenvalue weighted by atomic mass is 16.4. The van der Waals surface area contributed by atoms with Crippen molar-refractivity contribution in [2.75, 3.05) is 18.4 Å². The highest BCUT2D eigenvalue weighted by Crippen LogP contribution is 2.23. The molecule has 1 aliphatic heterocycles. The summed E-state index contributed by atoms with van der Waals surface area (Å²) in [5, 5.41) is 3.60. The van der Waals surface area contributed by atoms with Gasteiger partial charge in [0.05, 0.1) is 6.54 Å². The molecule has 3 rings (SSSR count). The van der Waals surface area contributed by atoms with Gasteiger partial charge in [0, 0.05) is 29.8 Å². The molecule has 0 radical (unpaired) electrons. The zero-order valence-corrected chi connectivity index (χ0v) is 13.4. The van der Waals surface area contributed by atoms with Crippen LogP contribution in [0.25, 0.3) is 11.0 Å². The third-order valence-electron chi connectivity index (χ3n) is 4.27. The maximum atomic E-state index is 12.5. The minimum Gasteiger partial charge on any atom is -0.423 e. The summed E-state index contributed by atoms with van der Waals surface area (Å²) in [5.41, 5.74) is 6.71. The zero-order chi connectivity index (χ0) is 17.3. The monoisotopic (exact) mass is 329 g/mol. The molecule has 1 saturated heterocycles. The van der Waals surface area contributed by atoms with Crippen LogP contribution in [0.5, 0.6) is 0 Å². The summed E-state index contributed by atoms with van der Waals surface area (Å²) in [5.74, 6) is -0.489. The van der Waals surface area contributed by atoms with Crippen LogP contribution in [0.2, 0.25) is 0 Å². The summed E-state index contributed by atoms with van der Waals surface area (Å²) in [6, 6.07) is 6.07. The van der Waals surface area contributed by atoms with Gasteiger partial charge < -0.3 is 20.4 Å². The Bertz CT molecular complexity index is 859. The smallest absolute Gasteiger partial charge is 0.336 e. The molecular formula is C17H19N3O4. The van der Waals surface area contributed by atoms with E-state index in [1.54, 1.807) is 18.2 Å². The van der Waals surface area contributed by atoms with Gasteiger partial charge in [0.15, 0.2) is 0 Å². The Labute approximate surface area is 138 Å². The molecule has 2 amide bonds. The Morgan fingerprint density at radius 2 is 2.17 bits per heavy atom. The van der Waals surface area contributed by atoms with E-state index in [-0.39, 0.29) is 18.4 Å². The van der Waals surface area contributed by atoms with Crippen LogP contribution in [0.1, 0.15) is 18.4 Å². The molecule has 24 heavy (non-hydrogen) atoms. The predicted molar refractivity (Wildman–Crippen MR) is 89.6 cm³/mol. The van der Waals surface area contributed by atoms with Crippen LogP contribution in [0.3, 0.4) is 0 Å².